The van der Waals surface area contributed by atoms with Gasteiger partial charge in [0.25, 0.3) is 0 Å². The Morgan fingerprint density at radius 2 is 1.75 bits per heavy atom. The lowest BCUT2D eigenvalue weighted by molar-refractivity contribution is -0.121. The molecule has 2 aromatic carbocycles. The standard InChI is InChI=1S/C18H17ClFNO3/c19-13-7-5-12(6-8-13)16(22)9-10-18(24)21-11-17(23)14-3-1-2-4-15(14)20/h1-8,17,23H,9-11H2,(H,21,24)/t17-/m1/s1. The molecule has 0 saturated carbocycles. The zero-order chi connectivity index (χ0) is 17.5. The Balaban J connectivity index is 1.78. The fraction of sp³-hybridized carbons (Fsp3) is 0.222. The largest absolute Gasteiger partial charge is 0.386 e. The van der Waals surface area contributed by atoms with Gasteiger partial charge < -0.3 is 10.4 Å². The van der Waals surface area contributed by atoms with E-state index >= 15 is 0 Å². The Kier molecular flexibility index (Phi) is 6.46. The number of rotatable bonds is 7. The number of amides is 1. The minimum absolute atomic E-state index is 0.00848. The lowest BCUT2D eigenvalue weighted by Crippen LogP contribution is -2.29. The molecule has 0 aliphatic rings. The van der Waals surface area contributed by atoms with E-state index in [1.54, 1.807) is 30.3 Å². The second-order valence-electron chi connectivity index (χ2n) is 5.27. The number of carbonyl (C=O) groups is 2. The number of benzene rings is 2. The molecule has 4 nitrogen and oxygen atoms in total. The summed E-state index contributed by atoms with van der Waals surface area (Å²) in [5, 5.41) is 12.9. The molecule has 2 rings (SSSR count). The highest BCUT2D eigenvalue weighted by atomic mass is 35.5. The second-order valence-corrected chi connectivity index (χ2v) is 5.71. The van der Waals surface area contributed by atoms with Crippen molar-refractivity contribution in [3.05, 3.63) is 70.5 Å². The topological polar surface area (TPSA) is 66.4 Å². The number of aliphatic hydroxyl groups is 1. The van der Waals surface area contributed by atoms with Gasteiger partial charge in [0, 0.05) is 35.5 Å². The molecule has 0 unspecified atom stereocenters. The molecule has 0 heterocycles. The number of ketones is 1. The van der Waals surface area contributed by atoms with Crippen LogP contribution in [0.5, 0.6) is 0 Å². The number of halogens is 2. The number of nitrogens with one attached hydrogen (secondary N) is 1. The number of aliphatic hydroxyl groups excluding tert-OH is 1. The van der Waals surface area contributed by atoms with E-state index in [-0.39, 0.29) is 36.6 Å². The van der Waals surface area contributed by atoms with Crippen molar-refractivity contribution in [2.75, 3.05) is 6.54 Å². The highest BCUT2D eigenvalue weighted by Crippen LogP contribution is 2.16. The molecule has 0 radical (unpaired) electrons. The highest BCUT2D eigenvalue weighted by molar-refractivity contribution is 6.30. The van der Waals surface area contributed by atoms with Crippen molar-refractivity contribution < 1.29 is 19.1 Å². The van der Waals surface area contributed by atoms with E-state index < -0.39 is 11.9 Å². The normalized spacial score (nSPS) is 11.8. The Labute approximate surface area is 144 Å². The number of hydrogen-bond donors (Lipinski definition) is 2. The average Bonchev–Trinajstić information content (AvgIpc) is 2.58. The Hall–Kier alpha value is -2.24. The van der Waals surface area contributed by atoms with Gasteiger partial charge in [0.05, 0.1) is 6.10 Å². The number of carbonyl (C=O) groups excluding carboxylic acids is 2. The molecule has 0 saturated heterocycles. The first-order valence-corrected chi connectivity index (χ1v) is 7.83. The lowest BCUT2D eigenvalue weighted by Gasteiger charge is -2.13. The van der Waals surface area contributed by atoms with Gasteiger partial charge in [0.15, 0.2) is 5.78 Å². The lowest BCUT2D eigenvalue weighted by atomic mass is 10.1. The molecule has 126 valence electrons. The monoisotopic (exact) mass is 349 g/mol. The van der Waals surface area contributed by atoms with Crippen LogP contribution in [0.1, 0.15) is 34.9 Å². The van der Waals surface area contributed by atoms with Crippen LogP contribution >= 0.6 is 11.6 Å². The molecule has 6 heteroatoms. The van der Waals surface area contributed by atoms with Crippen molar-refractivity contribution in [2.24, 2.45) is 0 Å². The molecule has 1 amide bonds. The molecular formula is C18H17ClFNO3. The fourth-order valence-electron chi connectivity index (χ4n) is 2.16. The van der Waals surface area contributed by atoms with E-state index in [2.05, 4.69) is 5.32 Å². The van der Waals surface area contributed by atoms with Gasteiger partial charge in [-0.05, 0) is 30.3 Å². The summed E-state index contributed by atoms with van der Waals surface area (Å²) in [4.78, 5) is 23.7. The van der Waals surface area contributed by atoms with E-state index in [0.29, 0.717) is 10.6 Å². The third-order valence-corrected chi connectivity index (χ3v) is 3.75. The summed E-state index contributed by atoms with van der Waals surface area (Å²) >= 11 is 5.75. The van der Waals surface area contributed by atoms with Crippen molar-refractivity contribution in [2.45, 2.75) is 18.9 Å². The van der Waals surface area contributed by atoms with Gasteiger partial charge in [0.1, 0.15) is 5.82 Å². The fourth-order valence-corrected chi connectivity index (χ4v) is 2.29. The Morgan fingerprint density at radius 1 is 1.08 bits per heavy atom. The predicted octanol–water partition coefficient (Wildman–Crippen LogP) is 3.29. The third kappa shape index (κ3) is 5.15. The predicted molar refractivity (Wildman–Crippen MR) is 89.4 cm³/mol. The first-order valence-electron chi connectivity index (χ1n) is 7.45. The van der Waals surface area contributed by atoms with Crippen LogP contribution in [0.4, 0.5) is 4.39 Å². The van der Waals surface area contributed by atoms with Gasteiger partial charge in [-0.3, -0.25) is 9.59 Å². The van der Waals surface area contributed by atoms with Crippen LogP contribution in [-0.4, -0.2) is 23.3 Å². The van der Waals surface area contributed by atoms with Crippen molar-refractivity contribution in [3.63, 3.8) is 0 Å². The van der Waals surface area contributed by atoms with Gasteiger partial charge in [0.2, 0.25) is 5.91 Å². The van der Waals surface area contributed by atoms with Crippen LogP contribution in [0.15, 0.2) is 48.5 Å². The van der Waals surface area contributed by atoms with Crippen molar-refractivity contribution in [1.29, 1.82) is 0 Å². The van der Waals surface area contributed by atoms with E-state index in [4.69, 9.17) is 11.6 Å². The SMILES string of the molecule is O=C(CCC(=O)c1ccc(Cl)cc1)NC[C@@H](O)c1ccccc1F. The maximum atomic E-state index is 13.5. The van der Waals surface area contributed by atoms with Crippen LogP contribution < -0.4 is 5.32 Å². The summed E-state index contributed by atoms with van der Waals surface area (Å²) < 4.78 is 13.5. The van der Waals surface area contributed by atoms with Crippen molar-refractivity contribution in [3.8, 4) is 0 Å². The molecular weight excluding hydrogens is 333 g/mol. The molecule has 2 aromatic rings. The zero-order valence-corrected chi connectivity index (χ0v) is 13.6. The summed E-state index contributed by atoms with van der Waals surface area (Å²) in [5.74, 6) is -1.08. The molecule has 24 heavy (non-hydrogen) atoms. The maximum Gasteiger partial charge on any atom is 0.220 e. The summed E-state index contributed by atoms with van der Waals surface area (Å²) in [7, 11) is 0. The van der Waals surface area contributed by atoms with Crippen LogP contribution in [0.2, 0.25) is 5.02 Å². The molecule has 2 N–H and O–H groups in total. The second kappa shape index (κ2) is 8.57. The Morgan fingerprint density at radius 3 is 2.42 bits per heavy atom. The van der Waals surface area contributed by atoms with Gasteiger partial charge in [-0.2, -0.15) is 0 Å². The molecule has 1 atom stereocenters. The zero-order valence-electron chi connectivity index (χ0n) is 12.8. The summed E-state index contributed by atoms with van der Waals surface area (Å²) in [5.41, 5.74) is 0.605. The summed E-state index contributed by atoms with van der Waals surface area (Å²) in [6.07, 6.45) is -1.10. The molecule has 0 bridgehead atoms. The Bertz CT molecular complexity index is 718. The van der Waals surface area contributed by atoms with Crippen LogP contribution in [0.3, 0.4) is 0 Å². The minimum Gasteiger partial charge on any atom is -0.386 e. The summed E-state index contributed by atoms with van der Waals surface area (Å²) in [6.45, 7) is -0.116. The van der Waals surface area contributed by atoms with E-state index in [1.165, 1.54) is 18.2 Å². The number of Topliss-reactive ketones (excluding diaryl/α,β-unsaturated/α-hetero) is 1. The van der Waals surface area contributed by atoms with Gasteiger partial charge >= 0.3 is 0 Å². The molecule has 0 fully saturated rings. The first-order chi connectivity index (χ1) is 11.5. The van der Waals surface area contributed by atoms with E-state index in [9.17, 15) is 19.1 Å². The molecule has 0 spiro atoms. The molecule has 0 aliphatic heterocycles. The summed E-state index contributed by atoms with van der Waals surface area (Å²) in [6, 6.07) is 12.2. The molecule has 0 aliphatic carbocycles. The minimum atomic E-state index is -1.14. The maximum absolute atomic E-state index is 13.5. The van der Waals surface area contributed by atoms with Crippen LogP contribution in [0.25, 0.3) is 0 Å². The van der Waals surface area contributed by atoms with E-state index in [1.807, 2.05) is 0 Å². The van der Waals surface area contributed by atoms with Crippen molar-refractivity contribution >= 4 is 23.3 Å². The van der Waals surface area contributed by atoms with Crippen LogP contribution in [-0.2, 0) is 4.79 Å². The smallest absolute Gasteiger partial charge is 0.220 e. The third-order valence-electron chi connectivity index (χ3n) is 3.50. The molecule has 0 aromatic heterocycles. The van der Waals surface area contributed by atoms with Crippen molar-refractivity contribution in [1.82, 2.24) is 5.32 Å². The quantitative estimate of drug-likeness (QED) is 0.754. The first kappa shape index (κ1) is 18.1. The number of hydrogen-bond acceptors (Lipinski definition) is 3. The van der Waals surface area contributed by atoms with E-state index in [0.717, 1.165) is 0 Å². The highest BCUT2D eigenvalue weighted by Gasteiger charge is 2.14. The van der Waals surface area contributed by atoms with Crippen LogP contribution in [0, 0.1) is 5.82 Å². The van der Waals surface area contributed by atoms with Gasteiger partial charge in [-0.15, -0.1) is 0 Å². The average molecular weight is 350 g/mol. The van der Waals surface area contributed by atoms with Gasteiger partial charge in [-0.25, -0.2) is 4.39 Å². The van der Waals surface area contributed by atoms with Gasteiger partial charge in [-0.1, -0.05) is 29.8 Å².